The van der Waals surface area contributed by atoms with Crippen molar-refractivity contribution < 1.29 is 12.8 Å². The highest BCUT2D eigenvalue weighted by atomic mass is 32.2. The monoisotopic (exact) mass is 308 g/mol. The first kappa shape index (κ1) is 15.6. The average Bonchev–Trinajstić information content (AvgIpc) is 2.44. The normalized spacial score (nSPS) is 13.1. The third-order valence-corrected chi connectivity index (χ3v) is 4.10. The maximum absolute atomic E-state index is 13.1. The molecule has 0 aliphatic carbocycles. The van der Waals surface area contributed by atoms with E-state index in [2.05, 4.69) is 5.32 Å². The molecule has 0 spiro atoms. The second-order valence-electron chi connectivity index (χ2n) is 4.85. The van der Waals surface area contributed by atoms with Crippen LogP contribution < -0.4 is 10.5 Å². The largest absolute Gasteiger partial charge is 0.306 e. The number of sulfonamides is 1. The van der Waals surface area contributed by atoms with Crippen LogP contribution in [0.5, 0.6) is 0 Å². The molecule has 2 aromatic rings. The van der Waals surface area contributed by atoms with Crippen molar-refractivity contribution in [2.75, 3.05) is 0 Å². The molecule has 0 bridgehead atoms. The van der Waals surface area contributed by atoms with Gasteiger partial charge in [-0.05, 0) is 42.3 Å². The SMILES string of the molecule is CC(NCc1cccc(F)c1)c1cccc(S(N)(=O)=O)c1. The molecule has 21 heavy (non-hydrogen) atoms. The number of benzene rings is 2. The van der Waals surface area contributed by atoms with Crippen LogP contribution in [0, 0.1) is 5.82 Å². The number of halogens is 1. The minimum absolute atomic E-state index is 0.0828. The predicted octanol–water partition coefficient (Wildman–Crippen LogP) is 2.32. The molecule has 0 aliphatic rings. The summed E-state index contributed by atoms with van der Waals surface area (Å²) in [6, 6.07) is 12.7. The van der Waals surface area contributed by atoms with E-state index in [9.17, 15) is 12.8 Å². The first-order chi connectivity index (χ1) is 9.86. The van der Waals surface area contributed by atoms with Crippen LogP contribution in [-0.4, -0.2) is 8.42 Å². The smallest absolute Gasteiger partial charge is 0.238 e. The van der Waals surface area contributed by atoms with E-state index < -0.39 is 10.0 Å². The second kappa shape index (κ2) is 6.34. The van der Waals surface area contributed by atoms with Gasteiger partial charge >= 0.3 is 0 Å². The van der Waals surface area contributed by atoms with Crippen molar-refractivity contribution in [3.8, 4) is 0 Å². The summed E-state index contributed by atoms with van der Waals surface area (Å²) in [5, 5.41) is 8.34. The highest BCUT2D eigenvalue weighted by molar-refractivity contribution is 7.89. The lowest BCUT2D eigenvalue weighted by Gasteiger charge is -2.15. The van der Waals surface area contributed by atoms with E-state index in [0.717, 1.165) is 11.1 Å². The van der Waals surface area contributed by atoms with Crippen LogP contribution in [0.2, 0.25) is 0 Å². The number of nitrogens with two attached hydrogens (primary N) is 1. The zero-order valence-corrected chi connectivity index (χ0v) is 12.4. The van der Waals surface area contributed by atoms with Crippen molar-refractivity contribution in [3.05, 3.63) is 65.5 Å². The minimum atomic E-state index is -3.71. The van der Waals surface area contributed by atoms with E-state index in [0.29, 0.717) is 6.54 Å². The van der Waals surface area contributed by atoms with Gasteiger partial charge in [-0.15, -0.1) is 0 Å². The Balaban J connectivity index is 2.08. The number of hydrogen-bond donors (Lipinski definition) is 2. The van der Waals surface area contributed by atoms with Crippen LogP contribution in [0.1, 0.15) is 24.1 Å². The summed E-state index contributed by atoms with van der Waals surface area (Å²) in [5.41, 5.74) is 1.63. The van der Waals surface area contributed by atoms with Crippen molar-refractivity contribution in [3.63, 3.8) is 0 Å². The van der Waals surface area contributed by atoms with Gasteiger partial charge in [0.05, 0.1) is 4.90 Å². The summed E-state index contributed by atoms with van der Waals surface area (Å²) in [5.74, 6) is -0.279. The van der Waals surface area contributed by atoms with Crippen molar-refractivity contribution >= 4 is 10.0 Å². The molecule has 0 heterocycles. The molecule has 2 aromatic carbocycles. The molecule has 0 aliphatic heterocycles. The van der Waals surface area contributed by atoms with Gasteiger partial charge in [0.15, 0.2) is 0 Å². The van der Waals surface area contributed by atoms with Crippen LogP contribution in [-0.2, 0) is 16.6 Å². The summed E-state index contributed by atoms with van der Waals surface area (Å²) in [6.45, 7) is 2.39. The quantitative estimate of drug-likeness (QED) is 0.890. The van der Waals surface area contributed by atoms with Crippen molar-refractivity contribution in [2.24, 2.45) is 5.14 Å². The molecule has 0 saturated heterocycles. The van der Waals surface area contributed by atoms with Crippen molar-refractivity contribution in [1.82, 2.24) is 5.32 Å². The summed E-state index contributed by atoms with van der Waals surface area (Å²) in [7, 11) is -3.71. The first-order valence-corrected chi connectivity index (χ1v) is 8.01. The van der Waals surface area contributed by atoms with Gasteiger partial charge in [-0.3, -0.25) is 0 Å². The summed E-state index contributed by atoms with van der Waals surface area (Å²) < 4.78 is 35.8. The lowest BCUT2D eigenvalue weighted by molar-refractivity contribution is 0.567. The summed E-state index contributed by atoms with van der Waals surface area (Å²) >= 11 is 0. The van der Waals surface area contributed by atoms with Crippen LogP contribution in [0.15, 0.2) is 53.4 Å². The van der Waals surface area contributed by atoms with E-state index >= 15 is 0 Å². The van der Waals surface area contributed by atoms with Gasteiger partial charge in [-0.1, -0.05) is 24.3 Å². The Morgan fingerprint density at radius 2 is 1.90 bits per heavy atom. The Morgan fingerprint density at radius 1 is 1.19 bits per heavy atom. The second-order valence-corrected chi connectivity index (χ2v) is 6.41. The number of rotatable bonds is 5. The van der Waals surface area contributed by atoms with Gasteiger partial charge in [0.2, 0.25) is 10.0 Å². The van der Waals surface area contributed by atoms with E-state index in [1.807, 2.05) is 19.1 Å². The highest BCUT2D eigenvalue weighted by Crippen LogP contribution is 2.17. The van der Waals surface area contributed by atoms with Gasteiger partial charge in [-0.25, -0.2) is 17.9 Å². The molecular weight excluding hydrogens is 291 g/mol. The third kappa shape index (κ3) is 4.35. The van der Waals surface area contributed by atoms with Crippen LogP contribution in [0.3, 0.4) is 0 Å². The fourth-order valence-electron chi connectivity index (χ4n) is 2.00. The molecule has 0 amide bonds. The number of nitrogens with one attached hydrogen (secondary N) is 1. The number of primary sulfonamides is 1. The Bertz CT molecular complexity index is 732. The fourth-order valence-corrected chi connectivity index (χ4v) is 2.57. The molecule has 4 nitrogen and oxygen atoms in total. The summed E-state index contributed by atoms with van der Waals surface area (Å²) in [6.07, 6.45) is 0. The maximum atomic E-state index is 13.1. The summed E-state index contributed by atoms with van der Waals surface area (Å²) in [4.78, 5) is 0.0828. The molecule has 2 rings (SSSR count). The number of hydrogen-bond acceptors (Lipinski definition) is 3. The average molecular weight is 308 g/mol. The van der Waals surface area contributed by atoms with Crippen LogP contribution in [0.4, 0.5) is 4.39 Å². The van der Waals surface area contributed by atoms with E-state index in [4.69, 9.17) is 5.14 Å². The third-order valence-electron chi connectivity index (χ3n) is 3.19. The van der Waals surface area contributed by atoms with E-state index in [1.165, 1.54) is 18.2 Å². The molecule has 3 N–H and O–H groups in total. The zero-order valence-electron chi connectivity index (χ0n) is 11.6. The fraction of sp³-hybridized carbons (Fsp3) is 0.200. The molecule has 6 heteroatoms. The minimum Gasteiger partial charge on any atom is -0.306 e. The molecule has 0 saturated carbocycles. The van der Waals surface area contributed by atoms with Crippen LogP contribution >= 0.6 is 0 Å². The Kier molecular flexibility index (Phi) is 4.72. The van der Waals surface area contributed by atoms with E-state index in [1.54, 1.807) is 18.2 Å². The lowest BCUT2D eigenvalue weighted by Crippen LogP contribution is -2.19. The Morgan fingerprint density at radius 3 is 2.57 bits per heavy atom. The molecule has 0 radical (unpaired) electrons. The first-order valence-electron chi connectivity index (χ1n) is 6.47. The Labute approximate surface area is 123 Å². The molecular formula is C15H17FN2O2S. The molecule has 112 valence electrons. The van der Waals surface area contributed by atoms with Crippen molar-refractivity contribution in [2.45, 2.75) is 24.4 Å². The molecule has 0 fully saturated rings. The van der Waals surface area contributed by atoms with Gasteiger partial charge in [0.25, 0.3) is 0 Å². The highest BCUT2D eigenvalue weighted by Gasteiger charge is 2.11. The van der Waals surface area contributed by atoms with Crippen LogP contribution in [0.25, 0.3) is 0 Å². The molecule has 1 unspecified atom stereocenters. The zero-order chi connectivity index (χ0) is 15.5. The Hall–Kier alpha value is -1.76. The van der Waals surface area contributed by atoms with Gasteiger partial charge in [-0.2, -0.15) is 0 Å². The molecule has 0 aromatic heterocycles. The predicted molar refractivity (Wildman–Crippen MR) is 79.5 cm³/mol. The molecule has 1 atom stereocenters. The topological polar surface area (TPSA) is 72.2 Å². The van der Waals surface area contributed by atoms with Gasteiger partial charge in [0.1, 0.15) is 5.82 Å². The maximum Gasteiger partial charge on any atom is 0.238 e. The van der Waals surface area contributed by atoms with Crippen molar-refractivity contribution in [1.29, 1.82) is 0 Å². The lowest BCUT2D eigenvalue weighted by atomic mass is 10.1. The van der Waals surface area contributed by atoms with Gasteiger partial charge in [0, 0.05) is 12.6 Å². The van der Waals surface area contributed by atoms with E-state index in [-0.39, 0.29) is 16.8 Å². The standard InChI is InChI=1S/C15H17FN2O2S/c1-11(18-10-12-4-2-6-14(16)8-12)13-5-3-7-15(9-13)21(17,19)20/h2-9,11,18H,10H2,1H3,(H2,17,19,20). The van der Waals surface area contributed by atoms with Gasteiger partial charge < -0.3 is 5.32 Å².